The van der Waals surface area contributed by atoms with Crippen LogP contribution in [0.4, 0.5) is 5.69 Å². The van der Waals surface area contributed by atoms with E-state index in [-0.39, 0.29) is 0 Å². The first-order valence-corrected chi connectivity index (χ1v) is 7.05. The summed E-state index contributed by atoms with van der Waals surface area (Å²) in [6.45, 7) is 2.69. The van der Waals surface area contributed by atoms with Crippen LogP contribution in [0.25, 0.3) is 5.82 Å². The van der Waals surface area contributed by atoms with Crippen LogP contribution in [0.3, 0.4) is 0 Å². The molecule has 0 aliphatic carbocycles. The van der Waals surface area contributed by atoms with Gasteiger partial charge in [0.2, 0.25) is 0 Å². The molecule has 106 valence electrons. The first-order valence-electron chi connectivity index (χ1n) is 6.67. The molecule has 0 saturated heterocycles. The Balaban J connectivity index is 1.67. The first-order chi connectivity index (χ1) is 10.2. The average Bonchev–Trinajstić information content (AvgIpc) is 2.93. The lowest BCUT2D eigenvalue weighted by atomic mass is 10.2. The zero-order valence-corrected chi connectivity index (χ0v) is 12.4. The Morgan fingerprint density at radius 1 is 1.10 bits per heavy atom. The smallest absolute Gasteiger partial charge is 0.138 e. The average molecular weight is 299 g/mol. The third-order valence-corrected chi connectivity index (χ3v) is 3.48. The number of benzene rings is 1. The second-order valence-corrected chi connectivity index (χ2v) is 5.17. The summed E-state index contributed by atoms with van der Waals surface area (Å²) in [7, 11) is 0. The lowest BCUT2D eigenvalue weighted by Crippen LogP contribution is -2.02. The van der Waals surface area contributed by atoms with Crippen LogP contribution in [0.15, 0.2) is 55.0 Å². The zero-order valence-electron chi connectivity index (χ0n) is 11.6. The van der Waals surface area contributed by atoms with Crippen LogP contribution in [-0.2, 0) is 6.54 Å². The maximum absolute atomic E-state index is 5.87. The number of hydrogen-bond acceptors (Lipinski definition) is 3. The Morgan fingerprint density at radius 3 is 2.52 bits per heavy atom. The molecule has 0 unspecified atom stereocenters. The SMILES string of the molecule is Cc1nccn1-c1ccc(NCc2ccc(Cl)cc2)cn1. The Labute approximate surface area is 128 Å². The monoisotopic (exact) mass is 298 g/mol. The molecule has 0 aliphatic rings. The van der Waals surface area contributed by atoms with E-state index in [2.05, 4.69) is 15.3 Å². The number of aryl methyl sites for hydroxylation is 1. The van der Waals surface area contributed by atoms with E-state index in [1.54, 1.807) is 6.20 Å². The summed E-state index contributed by atoms with van der Waals surface area (Å²) in [5.41, 5.74) is 2.15. The minimum atomic E-state index is 0.738. The molecule has 2 aromatic heterocycles. The molecule has 2 heterocycles. The number of imidazole rings is 1. The van der Waals surface area contributed by atoms with Crippen LogP contribution >= 0.6 is 11.6 Å². The Kier molecular flexibility index (Phi) is 3.88. The van der Waals surface area contributed by atoms with Crippen molar-refractivity contribution in [2.75, 3.05) is 5.32 Å². The molecular formula is C16H15ClN4. The van der Waals surface area contributed by atoms with Gasteiger partial charge in [0.1, 0.15) is 11.6 Å². The lowest BCUT2D eigenvalue weighted by molar-refractivity contribution is 0.932. The number of halogens is 1. The fourth-order valence-corrected chi connectivity index (χ4v) is 2.19. The second kappa shape index (κ2) is 5.97. The molecule has 3 aromatic rings. The summed E-state index contributed by atoms with van der Waals surface area (Å²) < 4.78 is 1.95. The Bertz CT molecular complexity index is 717. The summed E-state index contributed by atoms with van der Waals surface area (Å²) in [6.07, 6.45) is 5.49. The van der Waals surface area contributed by atoms with Crippen molar-refractivity contribution in [3.05, 3.63) is 71.4 Å². The van der Waals surface area contributed by atoms with E-state index in [0.717, 1.165) is 28.9 Å². The van der Waals surface area contributed by atoms with E-state index in [1.165, 1.54) is 5.56 Å². The van der Waals surface area contributed by atoms with Crippen molar-refractivity contribution in [3.63, 3.8) is 0 Å². The number of nitrogens with zero attached hydrogens (tertiary/aromatic N) is 3. The van der Waals surface area contributed by atoms with E-state index in [1.807, 2.05) is 60.3 Å². The number of aromatic nitrogens is 3. The molecule has 0 spiro atoms. The van der Waals surface area contributed by atoms with Gasteiger partial charge in [0, 0.05) is 24.0 Å². The molecule has 1 N–H and O–H groups in total. The zero-order chi connectivity index (χ0) is 14.7. The quantitative estimate of drug-likeness (QED) is 0.796. The lowest BCUT2D eigenvalue weighted by Gasteiger charge is -2.08. The fraction of sp³-hybridized carbons (Fsp3) is 0.125. The molecule has 21 heavy (non-hydrogen) atoms. The molecule has 5 heteroatoms. The van der Waals surface area contributed by atoms with Crippen LogP contribution in [0.2, 0.25) is 5.02 Å². The molecule has 0 saturated carbocycles. The van der Waals surface area contributed by atoms with Gasteiger partial charge in [-0.1, -0.05) is 23.7 Å². The van der Waals surface area contributed by atoms with Gasteiger partial charge in [-0.05, 0) is 36.8 Å². The van der Waals surface area contributed by atoms with Gasteiger partial charge in [-0.25, -0.2) is 9.97 Å². The van der Waals surface area contributed by atoms with E-state index < -0.39 is 0 Å². The molecule has 0 radical (unpaired) electrons. The van der Waals surface area contributed by atoms with Crippen molar-refractivity contribution in [1.29, 1.82) is 0 Å². The van der Waals surface area contributed by atoms with Gasteiger partial charge in [-0.3, -0.25) is 4.57 Å². The topological polar surface area (TPSA) is 42.7 Å². The summed E-state index contributed by atoms with van der Waals surface area (Å²) in [5.74, 6) is 1.78. The maximum atomic E-state index is 5.87. The van der Waals surface area contributed by atoms with Crippen molar-refractivity contribution in [2.45, 2.75) is 13.5 Å². The minimum absolute atomic E-state index is 0.738. The van der Waals surface area contributed by atoms with E-state index in [9.17, 15) is 0 Å². The number of hydrogen-bond donors (Lipinski definition) is 1. The largest absolute Gasteiger partial charge is 0.380 e. The van der Waals surface area contributed by atoms with E-state index in [0.29, 0.717) is 0 Å². The molecule has 1 aromatic carbocycles. The van der Waals surface area contributed by atoms with Gasteiger partial charge in [-0.2, -0.15) is 0 Å². The molecule has 0 fully saturated rings. The summed E-state index contributed by atoms with van der Waals surface area (Å²) in [5, 5.41) is 4.09. The summed E-state index contributed by atoms with van der Waals surface area (Å²) in [6, 6.07) is 11.8. The fourth-order valence-electron chi connectivity index (χ4n) is 2.06. The number of anilines is 1. The highest BCUT2D eigenvalue weighted by molar-refractivity contribution is 6.30. The second-order valence-electron chi connectivity index (χ2n) is 4.73. The molecular weight excluding hydrogens is 284 g/mol. The molecule has 4 nitrogen and oxygen atoms in total. The van der Waals surface area contributed by atoms with Gasteiger partial charge >= 0.3 is 0 Å². The standard InChI is InChI=1S/C16H15ClN4/c1-12-18-8-9-21(12)16-7-6-15(11-20-16)19-10-13-2-4-14(17)5-3-13/h2-9,11,19H,10H2,1H3. The van der Waals surface area contributed by atoms with E-state index in [4.69, 9.17) is 11.6 Å². The third kappa shape index (κ3) is 3.23. The van der Waals surface area contributed by atoms with Gasteiger partial charge in [0.15, 0.2) is 0 Å². The van der Waals surface area contributed by atoms with Gasteiger partial charge < -0.3 is 5.32 Å². The number of rotatable bonds is 4. The molecule has 0 bridgehead atoms. The van der Waals surface area contributed by atoms with Crippen LogP contribution in [0.5, 0.6) is 0 Å². The predicted molar refractivity (Wildman–Crippen MR) is 84.9 cm³/mol. The molecule has 0 atom stereocenters. The van der Waals surface area contributed by atoms with Crippen LogP contribution in [0.1, 0.15) is 11.4 Å². The van der Waals surface area contributed by atoms with E-state index >= 15 is 0 Å². The first kappa shape index (κ1) is 13.6. The predicted octanol–water partition coefficient (Wildman–Crippen LogP) is 3.84. The highest BCUT2D eigenvalue weighted by Gasteiger charge is 2.01. The third-order valence-electron chi connectivity index (χ3n) is 3.23. The van der Waals surface area contributed by atoms with Crippen LogP contribution in [-0.4, -0.2) is 14.5 Å². The Hall–Kier alpha value is -2.33. The maximum Gasteiger partial charge on any atom is 0.138 e. The van der Waals surface area contributed by atoms with Crippen LogP contribution < -0.4 is 5.32 Å². The van der Waals surface area contributed by atoms with Crippen molar-refractivity contribution in [1.82, 2.24) is 14.5 Å². The number of nitrogens with one attached hydrogen (secondary N) is 1. The van der Waals surface area contributed by atoms with Crippen molar-refractivity contribution >= 4 is 17.3 Å². The number of pyridine rings is 1. The highest BCUT2D eigenvalue weighted by Crippen LogP contribution is 2.14. The highest BCUT2D eigenvalue weighted by atomic mass is 35.5. The van der Waals surface area contributed by atoms with Gasteiger partial charge in [0.25, 0.3) is 0 Å². The molecule has 0 amide bonds. The van der Waals surface area contributed by atoms with Crippen LogP contribution in [0, 0.1) is 6.92 Å². The van der Waals surface area contributed by atoms with Crippen molar-refractivity contribution in [3.8, 4) is 5.82 Å². The normalized spacial score (nSPS) is 10.6. The summed E-state index contributed by atoms with van der Waals surface area (Å²) >= 11 is 5.87. The Morgan fingerprint density at radius 2 is 1.90 bits per heavy atom. The van der Waals surface area contributed by atoms with Crippen molar-refractivity contribution in [2.24, 2.45) is 0 Å². The molecule has 3 rings (SSSR count). The van der Waals surface area contributed by atoms with Crippen molar-refractivity contribution < 1.29 is 0 Å². The minimum Gasteiger partial charge on any atom is -0.380 e. The molecule has 0 aliphatic heterocycles. The van der Waals surface area contributed by atoms with Gasteiger partial charge in [0.05, 0.1) is 11.9 Å². The van der Waals surface area contributed by atoms with Gasteiger partial charge in [-0.15, -0.1) is 0 Å². The summed E-state index contributed by atoms with van der Waals surface area (Å²) in [4.78, 5) is 8.64.